The largest absolute Gasteiger partial charge is 0.414 e. The lowest BCUT2D eigenvalue weighted by atomic mass is 9.98. The van der Waals surface area contributed by atoms with E-state index in [0.717, 1.165) is 20.0 Å². The van der Waals surface area contributed by atoms with Crippen LogP contribution in [0.25, 0.3) is 0 Å². The molecule has 84 valence electrons. The van der Waals surface area contributed by atoms with E-state index in [0.29, 0.717) is 6.42 Å². The van der Waals surface area contributed by atoms with Crippen molar-refractivity contribution in [2.24, 2.45) is 5.92 Å². The molecule has 1 heterocycles. The van der Waals surface area contributed by atoms with E-state index in [1.807, 2.05) is 6.92 Å². The summed E-state index contributed by atoms with van der Waals surface area (Å²) in [5, 5.41) is 3.12. The Balaban J connectivity index is 2.42. The van der Waals surface area contributed by atoms with E-state index in [1.54, 1.807) is 0 Å². The molecule has 0 spiro atoms. The van der Waals surface area contributed by atoms with Gasteiger partial charge < -0.3 is 10.1 Å². The van der Waals surface area contributed by atoms with Crippen LogP contribution in [0.3, 0.4) is 0 Å². The molecule has 1 rings (SSSR count). The molecule has 5 heteroatoms. The summed E-state index contributed by atoms with van der Waals surface area (Å²) in [6.07, 6.45) is -5.52. The molecule has 0 aliphatic carbocycles. The van der Waals surface area contributed by atoms with E-state index in [-0.39, 0.29) is 12.0 Å². The lowest BCUT2D eigenvalue weighted by molar-refractivity contribution is -0.233. The predicted molar refractivity (Wildman–Crippen MR) is 47.0 cm³/mol. The third-order valence-electron chi connectivity index (χ3n) is 2.55. The average molecular weight is 211 g/mol. The smallest absolute Gasteiger partial charge is 0.365 e. The Bertz CT molecular complexity index is 183. The van der Waals surface area contributed by atoms with Crippen LogP contribution in [0.5, 0.6) is 0 Å². The van der Waals surface area contributed by atoms with E-state index in [4.69, 9.17) is 4.74 Å². The normalized spacial score (nSPS) is 31.5. The van der Waals surface area contributed by atoms with Crippen LogP contribution in [-0.2, 0) is 4.74 Å². The molecule has 1 aliphatic heterocycles. The van der Waals surface area contributed by atoms with Gasteiger partial charge in [-0.25, -0.2) is 0 Å². The van der Waals surface area contributed by atoms with Crippen LogP contribution in [0.15, 0.2) is 0 Å². The highest BCUT2D eigenvalue weighted by atomic mass is 19.4. The molecule has 0 aromatic carbocycles. The van der Waals surface area contributed by atoms with Crippen molar-refractivity contribution in [2.75, 3.05) is 13.1 Å². The van der Waals surface area contributed by atoms with Crippen molar-refractivity contribution in [3.63, 3.8) is 0 Å². The highest BCUT2D eigenvalue weighted by Crippen LogP contribution is 2.26. The van der Waals surface area contributed by atoms with Crippen molar-refractivity contribution in [3.8, 4) is 0 Å². The SMILES string of the molecule is CC1CNCCC1OC(C)C(F)(F)F. The minimum atomic E-state index is -4.25. The van der Waals surface area contributed by atoms with E-state index in [1.165, 1.54) is 0 Å². The highest BCUT2D eigenvalue weighted by molar-refractivity contribution is 4.77. The van der Waals surface area contributed by atoms with Crippen molar-refractivity contribution in [1.29, 1.82) is 0 Å². The third kappa shape index (κ3) is 3.13. The number of halogens is 3. The molecule has 0 saturated carbocycles. The van der Waals surface area contributed by atoms with Crippen LogP contribution in [0.4, 0.5) is 13.2 Å². The summed E-state index contributed by atoms with van der Waals surface area (Å²) in [6, 6.07) is 0. The first kappa shape index (κ1) is 11.8. The van der Waals surface area contributed by atoms with Crippen LogP contribution < -0.4 is 5.32 Å². The number of nitrogens with one attached hydrogen (secondary N) is 1. The molecule has 0 aromatic heterocycles. The van der Waals surface area contributed by atoms with Gasteiger partial charge in [-0.05, 0) is 25.8 Å². The van der Waals surface area contributed by atoms with E-state index < -0.39 is 12.3 Å². The van der Waals surface area contributed by atoms with E-state index in [2.05, 4.69) is 5.32 Å². The van der Waals surface area contributed by atoms with Gasteiger partial charge in [0.2, 0.25) is 0 Å². The molecule has 0 bridgehead atoms. The summed E-state index contributed by atoms with van der Waals surface area (Å²) >= 11 is 0. The first-order chi connectivity index (χ1) is 6.41. The van der Waals surface area contributed by atoms with Crippen molar-refractivity contribution >= 4 is 0 Å². The van der Waals surface area contributed by atoms with E-state index >= 15 is 0 Å². The molecule has 0 aromatic rings. The molecule has 1 aliphatic rings. The van der Waals surface area contributed by atoms with Gasteiger partial charge in [0.15, 0.2) is 6.10 Å². The molecule has 3 unspecified atom stereocenters. The molecular weight excluding hydrogens is 195 g/mol. The zero-order valence-electron chi connectivity index (χ0n) is 8.40. The van der Waals surface area contributed by atoms with Gasteiger partial charge >= 0.3 is 6.18 Å². The molecule has 0 radical (unpaired) electrons. The van der Waals surface area contributed by atoms with Gasteiger partial charge in [0.1, 0.15) is 0 Å². The Morgan fingerprint density at radius 1 is 1.43 bits per heavy atom. The zero-order valence-corrected chi connectivity index (χ0v) is 8.40. The Kier molecular flexibility index (Phi) is 3.78. The van der Waals surface area contributed by atoms with E-state index in [9.17, 15) is 13.2 Å². The molecule has 1 saturated heterocycles. The summed E-state index contributed by atoms with van der Waals surface area (Å²) < 4.78 is 41.6. The quantitative estimate of drug-likeness (QED) is 0.753. The van der Waals surface area contributed by atoms with Gasteiger partial charge in [0.05, 0.1) is 6.10 Å². The summed E-state index contributed by atoms with van der Waals surface area (Å²) in [7, 11) is 0. The Hall–Kier alpha value is -0.290. The molecule has 3 atom stereocenters. The van der Waals surface area contributed by atoms with Crippen LogP contribution in [0.2, 0.25) is 0 Å². The third-order valence-corrected chi connectivity index (χ3v) is 2.55. The number of alkyl halides is 3. The lowest BCUT2D eigenvalue weighted by Crippen LogP contribution is -2.43. The number of ether oxygens (including phenoxy) is 1. The zero-order chi connectivity index (χ0) is 10.8. The van der Waals surface area contributed by atoms with Crippen molar-refractivity contribution in [2.45, 2.75) is 38.7 Å². The second-order valence-electron chi connectivity index (χ2n) is 3.83. The second kappa shape index (κ2) is 4.49. The number of piperidine rings is 1. The summed E-state index contributed by atoms with van der Waals surface area (Å²) in [4.78, 5) is 0. The van der Waals surface area contributed by atoms with Gasteiger partial charge in [-0.15, -0.1) is 0 Å². The van der Waals surface area contributed by atoms with Gasteiger partial charge in [0, 0.05) is 6.54 Å². The first-order valence-corrected chi connectivity index (χ1v) is 4.84. The Labute approximate surface area is 81.8 Å². The molecule has 1 N–H and O–H groups in total. The number of hydrogen-bond acceptors (Lipinski definition) is 2. The Morgan fingerprint density at radius 2 is 2.07 bits per heavy atom. The van der Waals surface area contributed by atoms with Gasteiger partial charge in [0.25, 0.3) is 0 Å². The topological polar surface area (TPSA) is 21.3 Å². The maximum absolute atomic E-state index is 12.2. The fraction of sp³-hybridized carbons (Fsp3) is 1.00. The fourth-order valence-corrected chi connectivity index (χ4v) is 1.53. The predicted octanol–water partition coefficient (Wildman–Crippen LogP) is 1.95. The van der Waals surface area contributed by atoms with Crippen LogP contribution in [-0.4, -0.2) is 31.5 Å². The Morgan fingerprint density at radius 3 is 2.57 bits per heavy atom. The first-order valence-electron chi connectivity index (χ1n) is 4.84. The minimum Gasteiger partial charge on any atom is -0.365 e. The summed E-state index contributed by atoms with van der Waals surface area (Å²) in [5.41, 5.74) is 0. The molecular formula is C9H16F3NO. The fourth-order valence-electron chi connectivity index (χ4n) is 1.53. The summed E-state index contributed by atoms with van der Waals surface area (Å²) in [6.45, 7) is 4.43. The number of hydrogen-bond donors (Lipinski definition) is 1. The maximum atomic E-state index is 12.2. The minimum absolute atomic E-state index is 0.147. The highest BCUT2D eigenvalue weighted by Gasteiger charge is 2.39. The van der Waals surface area contributed by atoms with Gasteiger partial charge in [-0.1, -0.05) is 6.92 Å². The van der Waals surface area contributed by atoms with Gasteiger partial charge in [-0.2, -0.15) is 13.2 Å². The standard InChI is InChI=1S/C9H16F3NO/c1-6-5-13-4-3-8(6)14-7(2)9(10,11)12/h6-8,13H,3-5H2,1-2H3. The lowest BCUT2D eigenvalue weighted by Gasteiger charge is -2.32. The molecule has 0 amide bonds. The molecule has 14 heavy (non-hydrogen) atoms. The molecule has 1 fully saturated rings. The second-order valence-corrected chi connectivity index (χ2v) is 3.83. The monoisotopic (exact) mass is 211 g/mol. The van der Waals surface area contributed by atoms with Crippen LogP contribution in [0.1, 0.15) is 20.3 Å². The van der Waals surface area contributed by atoms with Crippen LogP contribution in [0, 0.1) is 5.92 Å². The number of rotatable bonds is 2. The molecule has 2 nitrogen and oxygen atoms in total. The van der Waals surface area contributed by atoms with Gasteiger partial charge in [-0.3, -0.25) is 0 Å². The van der Waals surface area contributed by atoms with Crippen molar-refractivity contribution < 1.29 is 17.9 Å². The summed E-state index contributed by atoms with van der Waals surface area (Å²) in [5.74, 6) is 0.147. The average Bonchev–Trinajstić information content (AvgIpc) is 2.07. The maximum Gasteiger partial charge on any atom is 0.414 e. The van der Waals surface area contributed by atoms with Crippen LogP contribution >= 0.6 is 0 Å². The van der Waals surface area contributed by atoms with Crippen molar-refractivity contribution in [1.82, 2.24) is 5.32 Å². The van der Waals surface area contributed by atoms with Crippen molar-refractivity contribution in [3.05, 3.63) is 0 Å².